The number of aliphatic carboxylic acids is 1. The molecule has 1 aliphatic rings. The average molecular weight is 247 g/mol. The maximum absolute atomic E-state index is 11.7. The Morgan fingerprint density at radius 2 is 2.31 bits per heavy atom. The highest BCUT2D eigenvalue weighted by Crippen LogP contribution is 2.18. The number of amides is 1. The second kappa shape index (κ2) is 6.75. The first-order chi connectivity index (χ1) is 7.66. The molecule has 1 fully saturated rings. The van der Waals surface area contributed by atoms with Gasteiger partial charge in [-0.1, -0.05) is 0 Å². The third-order valence-corrected chi connectivity index (χ3v) is 3.42. The lowest BCUT2D eigenvalue weighted by Gasteiger charge is -2.21. The molecule has 0 spiro atoms. The highest BCUT2D eigenvalue weighted by molar-refractivity contribution is 7.99. The monoisotopic (exact) mass is 247 g/mol. The van der Waals surface area contributed by atoms with Gasteiger partial charge in [0.15, 0.2) is 0 Å². The first kappa shape index (κ1) is 13.3. The maximum Gasteiger partial charge on any atom is 0.326 e. The Morgan fingerprint density at radius 1 is 1.56 bits per heavy atom. The molecule has 1 amide bonds. The van der Waals surface area contributed by atoms with Gasteiger partial charge in [0.2, 0.25) is 5.91 Å². The Labute approximate surface area is 99.1 Å². The van der Waals surface area contributed by atoms with Crippen LogP contribution < -0.4 is 0 Å². The smallest absolute Gasteiger partial charge is 0.326 e. The highest BCUT2D eigenvalue weighted by Gasteiger charge is 2.33. The van der Waals surface area contributed by atoms with E-state index in [-0.39, 0.29) is 5.91 Å². The summed E-state index contributed by atoms with van der Waals surface area (Å²) in [5.41, 5.74) is 0. The van der Waals surface area contributed by atoms with Crippen LogP contribution in [0.4, 0.5) is 0 Å². The molecule has 0 bridgehead atoms. The lowest BCUT2D eigenvalue weighted by Crippen LogP contribution is -2.41. The number of carbonyl (C=O) groups excluding carboxylic acids is 1. The van der Waals surface area contributed by atoms with Crippen molar-refractivity contribution in [3.05, 3.63) is 0 Å². The maximum atomic E-state index is 11.7. The molecule has 16 heavy (non-hydrogen) atoms. The number of rotatable bonds is 6. The number of carbonyl (C=O) groups is 2. The molecule has 1 rings (SSSR count). The standard InChI is InChI=1S/C10H17NO4S/c1-15-5-6-16-7-9(12)11-4-2-3-8(11)10(13)14/h8H,2-7H2,1H3,(H,13,14). The van der Waals surface area contributed by atoms with Crippen molar-refractivity contribution in [3.63, 3.8) is 0 Å². The Balaban J connectivity index is 2.32. The van der Waals surface area contributed by atoms with E-state index in [4.69, 9.17) is 9.84 Å². The van der Waals surface area contributed by atoms with Crippen LogP contribution in [-0.4, -0.2) is 59.7 Å². The summed E-state index contributed by atoms with van der Waals surface area (Å²) in [5, 5.41) is 8.92. The summed E-state index contributed by atoms with van der Waals surface area (Å²) in [6, 6.07) is -0.615. The molecule has 0 radical (unpaired) electrons. The molecule has 0 saturated carbocycles. The van der Waals surface area contributed by atoms with E-state index < -0.39 is 12.0 Å². The molecular weight excluding hydrogens is 230 g/mol. The first-order valence-corrected chi connectivity index (χ1v) is 6.41. The third-order valence-electron chi connectivity index (χ3n) is 2.52. The zero-order valence-corrected chi connectivity index (χ0v) is 10.2. The topological polar surface area (TPSA) is 66.8 Å². The number of hydrogen-bond donors (Lipinski definition) is 1. The van der Waals surface area contributed by atoms with Crippen molar-refractivity contribution in [2.24, 2.45) is 0 Å². The summed E-state index contributed by atoms with van der Waals surface area (Å²) in [7, 11) is 1.61. The molecule has 1 saturated heterocycles. The van der Waals surface area contributed by atoms with E-state index in [1.54, 1.807) is 7.11 Å². The minimum Gasteiger partial charge on any atom is -0.480 e. The molecule has 5 nitrogen and oxygen atoms in total. The highest BCUT2D eigenvalue weighted by atomic mass is 32.2. The summed E-state index contributed by atoms with van der Waals surface area (Å²) >= 11 is 1.48. The molecule has 0 aromatic heterocycles. The number of methoxy groups -OCH3 is 1. The van der Waals surface area contributed by atoms with Crippen LogP contribution in [-0.2, 0) is 14.3 Å². The number of thioether (sulfide) groups is 1. The predicted molar refractivity (Wildman–Crippen MR) is 61.6 cm³/mol. The minimum atomic E-state index is -0.896. The molecule has 0 aromatic carbocycles. The Morgan fingerprint density at radius 3 is 2.94 bits per heavy atom. The Kier molecular flexibility index (Phi) is 5.62. The van der Waals surface area contributed by atoms with Crippen LogP contribution in [0.3, 0.4) is 0 Å². The number of carboxylic acids is 1. The van der Waals surface area contributed by atoms with Gasteiger partial charge in [0, 0.05) is 19.4 Å². The number of carboxylic acid groups (broad SMARTS) is 1. The van der Waals surface area contributed by atoms with E-state index >= 15 is 0 Å². The van der Waals surface area contributed by atoms with Gasteiger partial charge in [-0.3, -0.25) is 4.79 Å². The van der Waals surface area contributed by atoms with Crippen molar-refractivity contribution >= 4 is 23.6 Å². The van der Waals surface area contributed by atoms with E-state index in [1.165, 1.54) is 16.7 Å². The van der Waals surface area contributed by atoms with Gasteiger partial charge in [0.1, 0.15) is 6.04 Å². The summed E-state index contributed by atoms with van der Waals surface area (Å²) in [6.07, 6.45) is 1.36. The van der Waals surface area contributed by atoms with Crippen LogP contribution in [0.15, 0.2) is 0 Å². The van der Waals surface area contributed by atoms with E-state index in [0.717, 1.165) is 12.2 Å². The Bertz CT molecular complexity index is 259. The van der Waals surface area contributed by atoms with Crippen LogP contribution in [0.25, 0.3) is 0 Å². The lowest BCUT2D eigenvalue weighted by atomic mass is 10.2. The molecule has 0 aromatic rings. The number of likely N-dealkylation sites (tertiary alicyclic amines) is 1. The quantitative estimate of drug-likeness (QED) is 0.690. The average Bonchev–Trinajstić information content (AvgIpc) is 2.73. The third kappa shape index (κ3) is 3.68. The van der Waals surface area contributed by atoms with Crippen molar-refractivity contribution in [3.8, 4) is 0 Å². The summed E-state index contributed by atoms with van der Waals surface area (Å²) in [6.45, 7) is 1.18. The van der Waals surface area contributed by atoms with E-state index in [2.05, 4.69) is 0 Å². The Hall–Kier alpha value is -0.750. The van der Waals surface area contributed by atoms with Crippen molar-refractivity contribution < 1.29 is 19.4 Å². The largest absolute Gasteiger partial charge is 0.480 e. The zero-order chi connectivity index (χ0) is 12.0. The van der Waals surface area contributed by atoms with Gasteiger partial charge in [-0.25, -0.2) is 4.79 Å². The second-order valence-corrected chi connectivity index (χ2v) is 4.73. The van der Waals surface area contributed by atoms with Gasteiger partial charge in [0.05, 0.1) is 12.4 Å². The molecule has 1 heterocycles. The van der Waals surface area contributed by atoms with Crippen LogP contribution in [0, 0.1) is 0 Å². The zero-order valence-electron chi connectivity index (χ0n) is 9.35. The van der Waals surface area contributed by atoms with Crippen molar-refractivity contribution in [1.29, 1.82) is 0 Å². The van der Waals surface area contributed by atoms with E-state index in [9.17, 15) is 9.59 Å². The van der Waals surface area contributed by atoms with Crippen LogP contribution in [0.5, 0.6) is 0 Å². The van der Waals surface area contributed by atoms with Gasteiger partial charge in [0.25, 0.3) is 0 Å². The van der Waals surface area contributed by atoms with Gasteiger partial charge in [-0.15, -0.1) is 11.8 Å². The lowest BCUT2D eigenvalue weighted by molar-refractivity contribution is -0.147. The molecule has 1 unspecified atom stereocenters. The number of hydrogen-bond acceptors (Lipinski definition) is 4. The van der Waals surface area contributed by atoms with Crippen LogP contribution >= 0.6 is 11.8 Å². The van der Waals surface area contributed by atoms with Gasteiger partial charge in [-0.05, 0) is 12.8 Å². The molecule has 92 valence electrons. The molecule has 0 aliphatic carbocycles. The van der Waals surface area contributed by atoms with Crippen LogP contribution in [0.1, 0.15) is 12.8 Å². The first-order valence-electron chi connectivity index (χ1n) is 5.25. The molecule has 1 atom stereocenters. The fourth-order valence-corrected chi connectivity index (χ4v) is 2.48. The van der Waals surface area contributed by atoms with E-state index in [0.29, 0.717) is 25.3 Å². The van der Waals surface area contributed by atoms with Gasteiger partial charge < -0.3 is 14.7 Å². The van der Waals surface area contributed by atoms with Crippen molar-refractivity contribution in [1.82, 2.24) is 4.90 Å². The van der Waals surface area contributed by atoms with Gasteiger partial charge >= 0.3 is 5.97 Å². The summed E-state index contributed by atoms with van der Waals surface area (Å²) in [5.74, 6) is 0.125. The molecule has 1 N–H and O–H groups in total. The normalized spacial score (nSPS) is 20.1. The molecule has 1 aliphatic heterocycles. The summed E-state index contributed by atoms with van der Waals surface area (Å²) in [4.78, 5) is 24.1. The summed E-state index contributed by atoms with van der Waals surface area (Å²) < 4.78 is 4.87. The van der Waals surface area contributed by atoms with Crippen molar-refractivity contribution in [2.75, 3.05) is 31.8 Å². The fraction of sp³-hybridized carbons (Fsp3) is 0.800. The fourth-order valence-electron chi connectivity index (χ4n) is 1.71. The molecule has 6 heteroatoms. The van der Waals surface area contributed by atoms with Crippen LogP contribution in [0.2, 0.25) is 0 Å². The van der Waals surface area contributed by atoms with E-state index in [1.807, 2.05) is 0 Å². The number of ether oxygens (including phenoxy) is 1. The molecular formula is C10H17NO4S. The SMILES string of the molecule is COCCSCC(=O)N1CCCC1C(=O)O. The van der Waals surface area contributed by atoms with Gasteiger partial charge in [-0.2, -0.15) is 0 Å². The second-order valence-electron chi connectivity index (χ2n) is 3.63. The minimum absolute atomic E-state index is 0.0778. The number of nitrogens with zero attached hydrogens (tertiary/aromatic N) is 1. The van der Waals surface area contributed by atoms with Crippen molar-refractivity contribution in [2.45, 2.75) is 18.9 Å². The predicted octanol–water partition coefficient (Wildman–Crippen LogP) is 0.442.